The van der Waals surface area contributed by atoms with Gasteiger partial charge in [0.1, 0.15) is 0 Å². The van der Waals surface area contributed by atoms with Crippen molar-refractivity contribution >= 4 is 29.7 Å². The van der Waals surface area contributed by atoms with Crippen LogP contribution in [0, 0.1) is 5.92 Å². The molecule has 1 saturated heterocycles. The van der Waals surface area contributed by atoms with Crippen LogP contribution in [0.2, 0.25) is 0 Å². The van der Waals surface area contributed by atoms with Crippen molar-refractivity contribution in [3.05, 3.63) is 21.4 Å². The summed E-state index contributed by atoms with van der Waals surface area (Å²) in [7, 11) is 1.99. The number of piperidine rings is 1. The maximum Gasteiger partial charge on any atom is 0.263 e. The van der Waals surface area contributed by atoms with Gasteiger partial charge >= 0.3 is 0 Å². The molecular weight excluding hydrogens is 292 g/mol. The second-order valence-electron chi connectivity index (χ2n) is 5.73. The Morgan fingerprint density at radius 3 is 3.05 bits per heavy atom. The Hall–Kier alpha value is -0.580. The quantitative estimate of drug-likeness (QED) is 0.930. The lowest BCUT2D eigenvalue weighted by Crippen LogP contribution is -2.42. The summed E-state index contributed by atoms with van der Waals surface area (Å²) in [6.07, 6.45) is 6.00. The molecule has 3 rings (SSSR count). The highest BCUT2D eigenvalue weighted by molar-refractivity contribution is 7.14. The molecule has 2 aliphatic rings. The summed E-state index contributed by atoms with van der Waals surface area (Å²) in [6, 6.07) is 2.15. The Labute approximate surface area is 131 Å². The van der Waals surface area contributed by atoms with Crippen molar-refractivity contribution in [1.29, 1.82) is 0 Å². The molecule has 1 aliphatic carbocycles. The summed E-state index contributed by atoms with van der Waals surface area (Å²) in [4.78, 5) is 17.1. The van der Waals surface area contributed by atoms with Crippen LogP contribution >= 0.6 is 23.7 Å². The molecule has 1 fully saturated rings. The van der Waals surface area contributed by atoms with Crippen molar-refractivity contribution in [3.8, 4) is 0 Å². The Kier molecular flexibility index (Phi) is 5.47. The van der Waals surface area contributed by atoms with Crippen LogP contribution in [0.1, 0.15) is 39.4 Å². The fourth-order valence-corrected chi connectivity index (χ4v) is 4.52. The molecule has 1 amide bonds. The molecule has 5 heteroatoms. The van der Waals surface area contributed by atoms with Crippen molar-refractivity contribution in [2.75, 3.05) is 26.7 Å². The first-order chi connectivity index (χ1) is 9.28. The van der Waals surface area contributed by atoms with E-state index in [0.717, 1.165) is 30.9 Å². The Bertz CT molecular complexity index is 451. The molecular formula is C15H23ClN2OS. The number of carbonyl (C=O) groups excluding carboxylic acids is 1. The highest BCUT2D eigenvalue weighted by atomic mass is 35.5. The van der Waals surface area contributed by atoms with Crippen molar-refractivity contribution in [2.24, 2.45) is 5.92 Å². The van der Waals surface area contributed by atoms with Gasteiger partial charge in [-0.25, -0.2) is 0 Å². The van der Waals surface area contributed by atoms with Crippen LogP contribution in [0.15, 0.2) is 6.07 Å². The molecule has 1 N–H and O–H groups in total. The molecule has 2 heterocycles. The Balaban J connectivity index is 0.00000147. The number of thiophene rings is 1. The highest BCUT2D eigenvalue weighted by Crippen LogP contribution is 2.31. The summed E-state index contributed by atoms with van der Waals surface area (Å²) in [5.41, 5.74) is 1.43. The number of aryl methyl sites for hydroxylation is 2. The summed E-state index contributed by atoms with van der Waals surface area (Å²) in [5.74, 6) is 0.884. The normalized spacial score (nSPS) is 21.4. The van der Waals surface area contributed by atoms with Gasteiger partial charge in [0, 0.05) is 18.0 Å². The number of halogens is 1. The summed E-state index contributed by atoms with van der Waals surface area (Å²) in [6.45, 7) is 2.87. The molecule has 0 spiro atoms. The van der Waals surface area contributed by atoms with E-state index >= 15 is 0 Å². The van der Waals surface area contributed by atoms with Gasteiger partial charge in [-0.05, 0) is 63.2 Å². The van der Waals surface area contributed by atoms with Gasteiger partial charge in [0.25, 0.3) is 5.91 Å². The van der Waals surface area contributed by atoms with E-state index in [-0.39, 0.29) is 18.3 Å². The number of likely N-dealkylation sites (tertiary alicyclic amines) is 1. The molecule has 1 aromatic rings. The first-order valence-corrected chi connectivity index (χ1v) is 8.15. The standard InChI is InChI=1S/C15H22N2OS.ClH/c1-16-9-11-4-3-7-17(10-11)15(18)14-8-12-5-2-6-13(12)19-14;/h8,11,16H,2-7,9-10H2,1H3;1H. The predicted octanol–water partition coefficient (Wildman–Crippen LogP) is 2.73. The number of carbonyl (C=O) groups is 1. The average Bonchev–Trinajstić information content (AvgIpc) is 2.99. The highest BCUT2D eigenvalue weighted by Gasteiger charge is 2.26. The number of hydrogen-bond acceptors (Lipinski definition) is 3. The summed E-state index contributed by atoms with van der Waals surface area (Å²) in [5, 5.41) is 3.23. The van der Waals surface area contributed by atoms with Crippen LogP contribution < -0.4 is 5.32 Å². The van der Waals surface area contributed by atoms with E-state index in [9.17, 15) is 4.79 Å². The number of fused-ring (bicyclic) bond motifs is 1. The maximum absolute atomic E-state index is 12.6. The van der Waals surface area contributed by atoms with Crippen molar-refractivity contribution < 1.29 is 4.79 Å². The van der Waals surface area contributed by atoms with Crippen LogP contribution in [0.25, 0.3) is 0 Å². The summed E-state index contributed by atoms with van der Waals surface area (Å²) >= 11 is 1.73. The molecule has 20 heavy (non-hydrogen) atoms. The maximum atomic E-state index is 12.6. The van der Waals surface area contributed by atoms with Crippen LogP contribution in [-0.4, -0.2) is 37.5 Å². The number of rotatable bonds is 3. The van der Waals surface area contributed by atoms with Crippen LogP contribution in [0.5, 0.6) is 0 Å². The van der Waals surface area contributed by atoms with Crippen LogP contribution in [0.3, 0.4) is 0 Å². The fourth-order valence-electron chi connectivity index (χ4n) is 3.30. The third kappa shape index (κ3) is 3.18. The fraction of sp³-hybridized carbons (Fsp3) is 0.667. The van der Waals surface area contributed by atoms with Gasteiger partial charge < -0.3 is 10.2 Å². The first-order valence-electron chi connectivity index (χ1n) is 7.33. The molecule has 0 bridgehead atoms. The monoisotopic (exact) mass is 314 g/mol. The lowest BCUT2D eigenvalue weighted by atomic mass is 9.98. The van der Waals surface area contributed by atoms with E-state index < -0.39 is 0 Å². The lowest BCUT2D eigenvalue weighted by molar-refractivity contribution is 0.0679. The molecule has 0 radical (unpaired) electrons. The number of hydrogen-bond donors (Lipinski definition) is 1. The third-order valence-electron chi connectivity index (χ3n) is 4.26. The second-order valence-corrected chi connectivity index (χ2v) is 6.87. The van der Waals surface area contributed by atoms with E-state index in [1.54, 1.807) is 11.3 Å². The van der Waals surface area contributed by atoms with Gasteiger partial charge in [-0.3, -0.25) is 4.79 Å². The lowest BCUT2D eigenvalue weighted by Gasteiger charge is -2.32. The zero-order chi connectivity index (χ0) is 13.2. The largest absolute Gasteiger partial charge is 0.338 e. The minimum atomic E-state index is 0. The van der Waals surface area contributed by atoms with E-state index in [0.29, 0.717) is 5.92 Å². The van der Waals surface area contributed by atoms with Crippen molar-refractivity contribution in [3.63, 3.8) is 0 Å². The van der Waals surface area contributed by atoms with Gasteiger partial charge in [-0.1, -0.05) is 0 Å². The second kappa shape index (κ2) is 6.92. The molecule has 3 nitrogen and oxygen atoms in total. The SMILES string of the molecule is CNCC1CCCN(C(=O)c2cc3c(s2)CCC3)C1.Cl. The molecule has 1 aromatic heterocycles. The summed E-state index contributed by atoms with van der Waals surface area (Å²) < 4.78 is 0. The third-order valence-corrected chi connectivity index (χ3v) is 5.48. The zero-order valence-electron chi connectivity index (χ0n) is 12.0. The Morgan fingerprint density at radius 1 is 1.45 bits per heavy atom. The zero-order valence-corrected chi connectivity index (χ0v) is 13.6. The van der Waals surface area contributed by atoms with E-state index in [2.05, 4.69) is 16.3 Å². The number of nitrogens with one attached hydrogen (secondary N) is 1. The molecule has 1 aliphatic heterocycles. The Morgan fingerprint density at radius 2 is 2.30 bits per heavy atom. The smallest absolute Gasteiger partial charge is 0.263 e. The first kappa shape index (κ1) is 15.8. The molecule has 112 valence electrons. The number of nitrogens with zero attached hydrogens (tertiary/aromatic N) is 1. The van der Waals surface area contributed by atoms with Gasteiger partial charge in [-0.15, -0.1) is 23.7 Å². The van der Waals surface area contributed by atoms with Crippen molar-refractivity contribution in [2.45, 2.75) is 32.1 Å². The minimum Gasteiger partial charge on any atom is -0.338 e. The van der Waals surface area contributed by atoms with E-state index in [1.165, 1.54) is 36.1 Å². The number of amides is 1. The topological polar surface area (TPSA) is 32.3 Å². The van der Waals surface area contributed by atoms with Crippen molar-refractivity contribution in [1.82, 2.24) is 10.2 Å². The molecule has 1 atom stereocenters. The molecule has 0 aromatic carbocycles. The van der Waals surface area contributed by atoms with Crippen LogP contribution in [-0.2, 0) is 12.8 Å². The minimum absolute atomic E-state index is 0. The predicted molar refractivity (Wildman–Crippen MR) is 86.1 cm³/mol. The van der Waals surface area contributed by atoms with Gasteiger partial charge in [-0.2, -0.15) is 0 Å². The van der Waals surface area contributed by atoms with E-state index in [1.807, 2.05) is 7.05 Å². The van der Waals surface area contributed by atoms with Crippen LogP contribution in [0.4, 0.5) is 0 Å². The molecule has 0 saturated carbocycles. The average molecular weight is 315 g/mol. The van der Waals surface area contributed by atoms with E-state index in [4.69, 9.17) is 0 Å². The van der Waals surface area contributed by atoms with Gasteiger partial charge in [0.15, 0.2) is 0 Å². The van der Waals surface area contributed by atoms with Gasteiger partial charge in [0.2, 0.25) is 0 Å². The van der Waals surface area contributed by atoms with Gasteiger partial charge in [0.05, 0.1) is 4.88 Å². The molecule has 1 unspecified atom stereocenters.